The molecule has 2 aromatic rings. The fourth-order valence-electron chi connectivity index (χ4n) is 2.15. The van der Waals surface area contributed by atoms with Crippen LogP contribution in [-0.2, 0) is 12.8 Å². The summed E-state index contributed by atoms with van der Waals surface area (Å²) in [5.74, 6) is 1.98. The monoisotopic (exact) mass is 473 g/mol. The molecule has 1 heterocycles. The third-order valence-corrected chi connectivity index (χ3v) is 4.38. The van der Waals surface area contributed by atoms with Gasteiger partial charge in [0.1, 0.15) is 5.75 Å². The first-order valence-electron chi connectivity index (χ1n) is 8.41. The van der Waals surface area contributed by atoms with Crippen LogP contribution in [0.5, 0.6) is 5.75 Å². The molecule has 0 radical (unpaired) electrons. The molecule has 1 aromatic heterocycles. The highest BCUT2D eigenvalue weighted by atomic mass is 127. The van der Waals surface area contributed by atoms with Crippen molar-refractivity contribution in [2.45, 2.75) is 26.7 Å². The lowest BCUT2D eigenvalue weighted by atomic mass is 10.1. The van der Waals surface area contributed by atoms with Gasteiger partial charge in [-0.1, -0.05) is 32.0 Å². The van der Waals surface area contributed by atoms with Gasteiger partial charge in [0.2, 0.25) is 0 Å². The van der Waals surface area contributed by atoms with Gasteiger partial charge in [0.15, 0.2) is 5.96 Å². The molecule has 0 fully saturated rings. The number of nitrogens with zero attached hydrogens (tertiary/aromatic N) is 1. The Balaban J connectivity index is 0.00000312. The molecular weight excluding hydrogens is 445 g/mol. The Morgan fingerprint density at radius 3 is 2.60 bits per heavy atom. The third kappa shape index (κ3) is 9.11. The Morgan fingerprint density at radius 1 is 1.20 bits per heavy atom. The number of nitrogens with one attached hydrogen (secondary N) is 1. The van der Waals surface area contributed by atoms with E-state index in [2.05, 4.69) is 53.8 Å². The molecule has 0 saturated carbocycles. The van der Waals surface area contributed by atoms with Gasteiger partial charge in [0.25, 0.3) is 0 Å². The lowest BCUT2D eigenvalue weighted by Gasteiger charge is -2.09. The van der Waals surface area contributed by atoms with Crippen molar-refractivity contribution >= 4 is 41.3 Å². The van der Waals surface area contributed by atoms with Crippen LogP contribution in [0.25, 0.3) is 0 Å². The van der Waals surface area contributed by atoms with Crippen LogP contribution in [0, 0.1) is 5.92 Å². The van der Waals surface area contributed by atoms with Crippen molar-refractivity contribution in [3.63, 3.8) is 0 Å². The smallest absolute Gasteiger partial charge is 0.188 e. The maximum absolute atomic E-state index is 5.89. The van der Waals surface area contributed by atoms with E-state index in [1.807, 2.05) is 12.1 Å². The molecule has 0 atom stereocenters. The molecular formula is C19H28IN3OS. The van der Waals surface area contributed by atoms with Crippen LogP contribution in [0.4, 0.5) is 0 Å². The van der Waals surface area contributed by atoms with E-state index in [0.29, 0.717) is 11.9 Å². The van der Waals surface area contributed by atoms with E-state index in [0.717, 1.165) is 38.3 Å². The van der Waals surface area contributed by atoms with Gasteiger partial charge in [-0.25, -0.2) is 0 Å². The quantitative estimate of drug-likeness (QED) is 0.328. The molecule has 0 unspecified atom stereocenters. The molecule has 0 spiro atoms. The van der Waals surface area contributed by atoms with Gasteiger partial charge < -0.3 is 15.8 Å². The summed E-state index contributed by atoms with van der Waals surface area (Å²) >= 11 is 1.75. The molecule has 0 aliphatic rings. The van der Waals surface area contributed by atoms with Gasteiger partial charge in [-0.05, 0) is 41.5 Å². The number of nitrogens with two attached hydrogens (primary N) is 1. The van der Waals surface area contributed by atoms with Crippen molar-refractivity contribution < 1.29 is 4.74 Å². The highest BCUT2D eigenvalue weighted by Crippen LogP contribution is 2.13. The summed E-state index contributed by atoms with van der Waals surface area (Å²) in [5, 5.41) is 5.25. The Kier molecular flexibility index (Phi) is 10.6. The van der Waals surface area contributed by atoms with E-state index < -0.39 is 0 Å². The van der Waals surface area contributed by atoms with Crippen molar-refractivity contribution in [1.82, 2.24) is 5.32 Å². The fourth-order valence-corrected chi connectivity index (χ4v) is 2.85. The molecule has 0 amide bonds. The molecule has 0 aliphatic carbocycles. The number of ether oxygens (including phenoxy) is 1. The molecule has 3 N–H and O–H groups in total. The van der Waals surface area contributed by atoms with E-state index in [4.69, 9.17) is 10.5 Å². The predicted molar refractivity (Wildman–Crippen MR) is 118 cm³/mol. The second-order valence-corrected chi connectivity index (χ2v) is 7.15. The maximum atomic E-state index is 5.89. The lowest BCUT2D eigenvalue weighted by molar-refractivity contribution is 0.271. The van der Waals surface area contributed by atoms with Gasteiger partial charge in [0.05, 0.1) is 6.61 Å². The van der Waals surface area contributed by atoms with E-state index >= 15 is 0 Å². The summed E-state index contributed by atoms with van der Waals surface area (Å²) in [6.45, 7) is 6.54. The molecule has 0 saturated heterocycles. The molecule has 2 rings (SSSR count). The van der Waals surface area contributed by atoms with Crippen LogP contribution < -0.4 is 15.8 Å². The number of hydrogen-bond donors (Lipinski definition) is 2. The Bertz CT molecular complexity index is 612. The Hall–Kier alpha value is -1.28. The molecule has 0 aliphatic heterocycles. The zero-order valence-electron chi connectivity index (χ0n) is 14.9. The summed E-state index contributed by atoms with van der Waals surface area (Å²) in [7, 11) is 0. The van der Waals surface area contributed by atoms with Crippen molar-refractivity contribution in [2.24, 2.45) is 16.6 Å². The van der Waals surface area contributed by atoms with E-state index in [1.165, 1.54) is 10.4 Å². The molecule has 4 nitrogen and oxygen atoms in total. The first-order valence-corrected chi connectivity index (χ1v) is 9.29. The minimum atomic E-state index is 0. The largest absolute Gasteiger partial charge is 0.493 e. The molecule has 1 aromatic carbocycles. The number of halogens is 1. The predicted octanol–water partition coefficient (Wildman–Crippen LogP) is 4.09. The summed E-state index contributed by atoms with van der Waals surface area (Å²) in [6, 6.07) is 12.4. The van der Waals surface area contributed by atoms with Crippen LogP contribution in [0.3, 0.4) is 0 Å². The van der Waals surface area contributed by atoms with Crippen LogP contribution >= 0.6 is 35.3 Å². The summed E-state index contributed by atoms with van der Waals surface area (Å²) < 4.78 is 5.69. The van der Waals surface area contributed by atoms with E-state index in [1.54, 1.807) is 11.3 Å². The summed E-state index contributed by atoms with van der Waals surface area (Å²) in [6.07, 6.45) is 1.85. The van der Waals surface area contributed by atoms with Gasteiger partial charge in [-0.2, -0.15) is 0 Å². The number of hydrogen-bond acceptors (Lipinski definition) is 3. The van der Waals surface area contributed by atoms with E-state index in [-0.39, 0.29) is 24.0 Å². The minimum Gasteiger partial charge on any atom is -0.493 e. The fraction of sp³-hybridized carbons (Fsp3) is 0.421. The third-order valence-electron chi connectivity index (χ3n) is 3.45. The summed E-state index contributed by atoms with van der Waals surface area (Å²) in [4.78, 5) is 5.69. The standard InChI is InChI=1S/C19H27N3OS.HI/c1-15(2)14-23-17-7-5-16(6-8-17)9-11-21-19(20)22-12-10-18-4-3-13-24-18;/h3-8,13,15H,9-12,14H2,1-2H3,(H3,20,21,22);1H. The highest BCUT2D eigenvalue weighted by molar-refractivity contribution is 14.0. The average Bonchev–Trinajstić information content (AvgIpc) is 3.07. The van der Waals surface area contributed by atoms with Gasteiger partial charge >= 0.3 is 0 Å². The van der Waals surface area contributed by atoms with Gasteiger partial charge in [0, 0.05) is 24.4 Å². The van der Waals surface area contributed by atoms with Crippen molar-refractivity contribution in [2.75, 3.05) is 19.7 Å². The average molecular weight is 473 g/mol. The first-order chi connectivity index (χ1) is 11.6. The van der Waals surface area contributed by atoms with Crippen molar-refractivity contribution in [1.29, 1.82) is 0 Å². The molecule has 6 heteroatoms. The van der Waals surface area contributed by atoms with E-state index in [9.17, 15) is 0 Å². The highest BCUT2D eigenvalue weighted by Gasteiger charge is 1.99. The maximum Gasteiger partial charge on any atom is 0.188 e. The van der Waals surface area contributed by atoms with Crippen LogP contribution in [0.15, 0.2) is 46.8 Å². The molecule has 138 valence electrons. The SMILES string of the molecule is CC(C)COc1ccc(CCNC(N)=NCCc2cccs2)cc1.I. The second kappa shape index (κ2) is 12.1. The zero-order chi connectivity index (χ0) is 17.2. The van der Waals surface area contributed by atoms with Crippen LogP contribution in [0.2, 0.25) is 0 Å². The molecule has 25 heavy (non-hydrogen) atoms. The molecule has 0 bridgehead atoms. The number of thiophene rings is 1. The van der Waals surface area contributed by atoms with Crippen LogP contribution in [-0.4, -0.2) is 25.7 Å². The Morgan fingerprint density at radius 2 is 1.96 bits per heavy atom. The lowest BCUT2D eigenvalue weighted by Crippen LogP contribution is -2.33. The zero-order valence-corrected chi connectivity index (χ0v) is 18.1. The second-order valence-electron chi connectivity index (χ2n) is 6.12. The first kappa shape index (κ1) is 21.8. The number of guanidine groups is 1. The topological polar surface area (TPSA) is 59.6 Å². The minimum absolute atomic E-state index is 0. The normalized spacial score (nSPS) is 11.2. The number of rotatable bonds is 9. The van der Waals surface area contributed by atoms with Gasteiger partial charge in [-0.15, -0.1) is 35.3 Å². The van der Waals surface area contributed by atoms with Crippen LogP contribution in [0.1, 0.15) is 24.3 Å². The van der Waals surface area contributed by atoms with Crippen molar-refractivity contribution in [3.8, 4) is 5.75 Å². The number of aliphatic imine (C=N–C) groups is 1. The summed E-state index contributed by atoms with van der Waals surface area (Å²) in [5.41, 5.74) is 7.15. The van der Waals surface area contributed by atoms with Crippen molar-refractivity contribution in [3.05, 3.63) is 52.2 Å². The Labute approximate surface area is 171 Å². The van der Waals surface area contributed by atoms with Gasteiger partial charge in [-0.3, -0.25) is 4.99 Å². The number of benzene rings is 1.